The third kappa shape index (κ3) is 4.72. The Labute approximate surface area is 154 Å². The van der Waals surface area contributed by atoms with Crippen molar-refractivity contribution in [3.8, 4) is 11.5 Å². The average Bonchev–Trinajstić information content (AvgIpc) is 2.61. The lowest BCUT2D eigenvalue weighted by atomic mass is 10.1. The summed E-state index contributed by atoms with van der Waals surface area (Å²) in [5.74, 6) is -1.63. The Bertz CT molecular complexity index is 895. The number of carbonyl (C=O) groups is 2. The molecule has 0 aliphatic carbocycles. The molecular weight excluding hydrogens is 356 g/mol. The SMILES string of the molecule is COc1ccc([N+](=O)[O-])cc1NC(=O)C(C)OC(=O)c1ccc(C)cc1O. The van der Waals surface area contributed by atoms with E-state index in [0.29, 0.717) is 0 Å². The van der Waals surface area contributed by atoms with E-state index < -0.39 is 22.9 Å². The second-order valence-corrected chi connectivity index (χ2v) is 5.70. The van der Waals surface area contributed by atoms with Crippen LogP contribution in [0.5, 0.6) is 11.5 Å². The highest BCUT2D eigenvalue weighted by Crippen LogP contribution is 2.29. The lowest BCUT2D eigenvalue weighted by Crippen LogP contribution is -2.30. The first-order valence-corrected chi connectivity index (χ1v) is 7.86. The molecule has 142 valence electrons. The molecule has 0 aliphatic rings. The zero-order valence-corrected chi connectivity index (χ0v) is 14.9. The number of esters is 1. The molecule has 2 aromatic rings. The van der Waals surface area contributed by atoms with Crippen molar-refractivity contribution in [2.75, 3.05) is 12.4 Å². The molecular formula is C18H18N2O7. The molecule has 0 aliphatic heterocycles. The number of phenols is 1. The lowest BCUT2D eigenvalue weighted by Gasteiger charge is -2.15. The van der Waals surface area contributed by atoms with Crippen LogP contribution in [0, 0.1) is 17.0 Å². The molecule has 1 amide bonds. The third-order valence-corrected chi connectivity index (χ3v) is 3.68. The maximum atomic E-state index is 12.3. The molecule has 2 aromatic carbocycles. The minimum Gasteiger partial charge on any atom is -0.507 e. The average molecular weight is 374 g/mol. The van der Waals surface area contributed by atoms with Gasteiger partial charge in [0.1, 0.15) is 17.1 Å². The number of hydrogen-bond donors (Lipinski definition) is 2. The van der Waals surface area contributed by atoms with Gasteiger partial charge in [-0.1, -0.05) is 6.07 Å². The van der Waals surface area contributed by atoms with Gasteiger partial charge in [0.15, 0.2) is 6.10 Å². The molecule has 9 heteroatoms. The highest BCUT2D eigenvalue weighted by atomic mass is 16.6. The van der Waals surface area contributed by atoms with Crippen molar-refractivity contribution < 1.29 is 29.1 Å². The van der Waals surface area contributed by atoms with Crippen LogP contribution in [-0.2, 0) is 9.53 Å². The number of aryl methyl sites for hydroxylation is 1. The monoisotopic (exact) mass is 374 g/mol. The number of rotatable bonds is 6. The molecule has 1 unspecified atom stereocenters. The van der Waals surface area contributed by atoms with Gasteiger partial charge < -0.3 is 19.9 Å². The van der Waals surface area contributed by atoms with Crippen molar-refractivity contribution in [2.45, 2.75) is 20.0 Å². The highest BCUT2D eigenvalue weighted by Gasteiger charge is 2.23. The number of ether oxygens (including phenoxy) is 2. The Kier molecular flexibility index (Phi) is 5.96. The second kappa shape index (κ2) is 8.17. The molecule has 0 aromatic heterocycles. The number of nitrogens with one attached hydrogen (secondary N) is 1. The third-order valence-electron chi connectivity index (χ3n) is 3.68. The van der Waals surface area contributed by atoms with Crippen molar-refractivity contribution in [3.05, 3.63) is 57.6 Å². The van der Waals surface area contributed by atoms with Gasteiger partial charge in [0.25, 0.3) is 11.6 Å². The van der Waals surface area contributed by atoms with Crippen LogP contribution in [0.2, 0.25) is 0 Å². The summed E-state index contributed by atoms with van der Waals surface area (Å²) in [6.07, 6.45) is -1.22. The van der Waals surface area contributed by atoms with Gasteiger partial charge in [-0.15, -0.1) is 0 Å². The summed E-state index contributed by atoms with van der Waals surface area (Å²) in [5.41, 5.74) is 0.513. The number of methoxy groups -OCH3 is 1. The van der Waals surface area contributed by atoms with Gasteiger partial charge in [0.05, 0.1) is 17.7 Å². The number of amides is 1. The number of nitro groups is 1. The van der Waals surface area contributed by atoms with Crippen LogP contribution >= 0.6 is 0 Å². The summed E-state index contributed by atoms with van der Waals surface area (Å²) in [5, 5.41) is 23.1. The Balaban J connectivity index is 2.12. The Morgan fingerprint density at radius 2 is 1.93 bits per heavy atom. The summed E-state index contributed by atoms with van der Waals surface area (Å²) in [6, 6.07) is 8.12. The summed E-state index contributed by atoms with van der Waals surface area (Å²) in [4.78, 5) is 34.7. The second-order valence-electron chi connectivity index (χ2n) is 5.70. The fourth-order valence-corrected chi connectivity index (χ4v) is 2.23. The smallest absolute Gasteiger partial charge is 0.342 e. The maximum absolute atomic E-state index is 12.3. The number of nitro benzene ring substituents is 1. The van der Waals surface area contributed by atoms with Gasteiger partial charge in [-0.25, -0.2) is 4.79 Å². The van der Waals surface area contributed by atoms with Crippen LogP contribution in [0.15, 0.2) is 36.4 Å². The summed E-state index contributed by atoms with van der Waals surface area (Å²) in [7, 11) is 1.35. The number of carbonyl (C=O) groups excluding carboxylic acids is 2. The number of hydrogen-bond acceptors (Lipinski definition) is 7. The predicted octanol–water partition coefficient (Wildman–Crippen LogP) is 2.80. The van der Waals surface area contributed by atoms with E-state index in [9.17, 15) is 24.8 Å². The molecule has 0 heterocycles. The summed E-state index contributed by atoms with van der Waals surface area (Å²) in [6.45, 7) is 3.08. The van der Waals surface area contributed by atoms with Crippen LogP contribution in [0.1, 0.15) is 22.8 Å². The van der Waals surface area contributed by atoms with E-state index >= 15 is 0 Å². The normalized spacial score (nSPS) is 11.4. The van der Waals surface area contributed by atoms with Crippen molar-refractivity contribution in [1.82, 2.24) is 0 Å². The molecule has 9 nitrogen and oxygen atoms in total. The molecule has 27 heavy (non-hydrogen) atoms. The maximum Gasteiger partial charge on any atom is 0.342 e. The molecule has 0 bridgehead atoms. The fourth-order valence-electron chi connectivity index (χ4n) is 2.23. The standard InChI is InChI=1S/C18H18N2O7/c1-10-4-6-13(15(21)8-10)18(23)27-11(2)17(22)19-14-9-12(20(24)25)5-7-16(14)26-3/h4-9,11,21H,1-3H3,(H,19,22). The van der Waals surface area contributed by atoms with Gasteiger partial charge in [-0.2, -0.15) is 0 Å². The Morgan fingerprint density at radius 3 is 2.52 bits per heavy atom. The van der Waals surface area contributed by atoms with Crippen LogP contribution in [0.3, 0.4) is 0 Å². The van der Waals surface area contributed by atoms with Crippen LogP contribution in [-0.4, -0.2) is 35.1 Å². The van der Waals surface area contributed by atoms with Gasteiger partial charge in [-0.3, -0.25) is 14.9 Å². The van der Waals surface area contributed by atoms with E-state index in [4.69, 9.17) is 9.47 Å². The van der Waals surface area contributed by atoms with Crippen molar-refractivity contribution >= 4 is 23.3 Å². The van der Waals surface area contributed by atoms with E-state index in [1.165, 1.54) is 38.3 Å². The molecule has 0 fully saturated rings. The zero-order valence-electron chi connectivity index (χ0n) is 14.9. The van der Waals surface area contributed by atoms with Crippen LogP contribution in [0.25, 0.3) is 0 Å². The first-order chi connectivity index (χ1) is 12.7. The minimum absolute atomic E-state index is 0.0674. The Morgan fingerprint density at radius 1 is 1.22 bits per heavy atom. The van der Waals surface area contributed by atoms with Gasteiger partial charge in [-0.05, 0) is 37.6 Å². The van der Waals surface area contributed by atoms with E-state index in [2.05, 4.69) is 5.32 Å². The van der Waals surface area contributed by atoms with E-state index in [1.54, 1.807) is 13.0 Å². The first kappa shape index (κ1) is 19.7. The predicted molar refractivity (Wildman–Crippen MR) is 96.0 cm³/mol. The molecule has 0 saturated heterocycles. The zero-order chi connectivity index (χ0) is 20.1. The van der Waals surface area contributed by atoms with Gasteiger partial charge in [0, 0.05) is 12.1 Å². The fraction of sp³-hybridized carbons (Fsp3) is 0.222. The van der Waals surface area contributed by atoms with Gasteiger partial charge >= 0.3 is 5.97 Å². The van der Waals surface area contributed by atoms with E-state index in [-0.39, 0.29) is 28.4 Å². The quantitative estimate of drug-likeness (QED) is 0.452. The van der Waals surface area contributed by atoms with Crippen LogP contribution in [0.4, 0.5) is 11.4 Å². The summed E-state index contributed by atoms with van der Waals surface area (Å²) >= 11 is 0. The van der Waals surface area contributed by atoms with Gasteiger partial charge in [0.2, 0.25) is 0 Å². The molecule has 0 spiro atoms. The summed E-state index contributed by atoms with van der Waals surface area (Å²) < 4.78 is 10.1. The topological polar surface area (TPSA) is 128 Å². The molecule has 0 radical (unpaired) electrons. The molecule has 2 N–H and O–H groups in total. The largest absolute Gasteiger partial charge is 0.507 e. The Hall–Kier alpha value is -3.62. The number of non-ortho nitro benzene ring substituents is 1. The van der Waals surface area contributed by atoms with E-state index in [0.717, 1.165) is 11.6 Å². The number of nitrogens with zero attached hydrogens (tertiary/aromatic N) is 1. The van der Waals surface area contributed by atoms with Crippen LogP contribution < -0.4 is 10.1 Å². The van der Waals surface area contributed by atoms with Crippen molar-refractivity contribution in [1.29, 1.82) is 0 Å². The number of benzene rings is 2. The highest BCUT2D eigenvalue weighted by molar-refractivity contribution is 5.99. The molecule has 0 saturated carbocycles. The minimum atomic E-state index is -1.22. The lowest BCUT2D eigenvalue weighted by molar-refractivity contribution is -0.384. The van der Waals surface area contributed by atoms with E-state index in [1.807, 2.05) is 0 Å². The number of aromatic hydroxyl groups is 1. The first-order valence-electron chi connectivity index (χ1n) is 7.86. The molecule has 2 rings (SSSR count). The molecule has 1 atom stereocenters. The number of phenolic OH excluding ortho intramolecular Hbond substituents is 1. The number of anilines is 1. The van der Waals surface area contributed by atoms with Crippen molar-refractivity contribution in [2.24, 2.45) is 0 Å². The van der Waals surface area contributed by atoms with Crippen molar-refractivity contribution in [3.63, 3.8) is 0 Å².